The van der Waals surface area contributed by atoms with Crippen molar-refractivity contribution in [3.05, 3.63) is 30.2 Å². The van der Waals surface area contributed by atoms with Crippen molar-refractivity contribution >= 4 is 35.2 Å². The van der Waals surface area contributed by atoms with E-state index in [9.17, 15) is 9.59 Å². The number of carbonyl (C=O) groups excluding carboxylic acids is 2. The summed E-state index contributed by atoms with van der Waals surface area (Å²) in [4.78, 5) is 26.9. The van der Waals surface area contributed by atoms with Crippen LogP contribution in [0.1, 0.15) is 57.1 Å². The highest BCUT2D eigenvalue weighted by molar-refractivity contribution is 7.80. The van der Waals surface area contributed by atoms with Gasteiger partial charge in [0.25, 0.3) is 5.91 Å². The molecule has 5 fully saturated rings. The minimum atomic E-state index is -0.497. The Bertz CT molecular complexity index is 846. The first-order valence-corrected chi connectivity index (χ1v) is 11.8. The van der Waals surface area contributed by atoms with Crippen LogP contribution in [0.4, 0.5) is 0 Å². The van der Waals surface area contributed by atoms with E-state index in [1.54, 1.807) is 29.4 Å². The lowest BCUT2D eigenvalue weighted by atomic mass is 9.53. The van der Waals surface area contributed by atoms with E-state index in [4.69, 9.17) is 16.6 Å². The van der Waals surface area contributed by atoms with Gasteiger partial charge in [-0.3, -0.25) is 20.4 Å². The number of hydrogen-bond donors (Lipinski definition) is 3. The lowest BCUT2D eigenvalue weighted by Gasteiger charge is -2.57. The van der Waals surface area contributed by atoms with Crippen LogP contribution in [0.25, 0.3) is 6.08 Å². The smallest absolute Gasteiger partial charge is 0.261 e. The van der Waals surface area contributed by atoms with Crippen LogP contribution >= 0.6 is 12.2 Å². The normalized spacial score (nSPS) is 33.6. The van der Waals surface area contributed by atoms with Crippen molar-refractivity contribution in [2.24, 2.45) is 17.8 Å². The fraction of sp³-hybridized carbons (Fsp3) is 0.609. The molecule has 31 heavy (non-hydrogen) atoms. The standard InChI is InChI=1S/C23H30N4O3S/c28-20(6-5-18-3-2-8-30-18)27-7-1-4-19(27)21(29)25-26-22(31)24-23-12-15-9-16(13-23)11-17(10-15)14-23/h2-3,5-6,8,15-17,19H,1,4,7,9-14H2,(H,25,29)(H2,24,26,31). The second kappa shape index (κ2) is 8.30. The van der Waals surface area contributed by atoms with E-state index in [2.05, 4.69) is 16.2 Å². The molecule has 6 rings (SSSR count). The fourth-order valence-electron chi connectivity index (χ4n) is 6.68. The predicted molar refractivity (Wildman–Crippen MR) is 120 cm³/mol. The molecule has 0 aromatic carbocycles. The zero-order valence-electron chi connectivity index (χ0n) is 17.6. The molecule has 0 spiro atoms. The highest BCUT2D eigenvalue weighted by Gasteiger charge is 2.51. The maximum Gasteiger partial charge on any atom is 0.261 e. The van der Waals surface area contributed by atoms with E-state index < -0.39 is 6.04 Å². The minimum absolute atomic E-state index is 0.0928. The number of nitrogens with one attached hydrogen (secondary N) is 3. The Morgan fingerprint density at radius 3 is 2.48 bits per heavy atom. The molecule has 1 aromatic rings. The summed E-state index contributed by atoms with van der Waals surface area (Å²) in [6.07, 6.45) is 13.7. The van der Waals surface area contributed by atoms with Crippen LogP contribution in [-0.4, -0.2) is 40.0 Å². The SMILES string of the molecule is O=C(NNC(=S)NC12CC3CC(CC(C3)C1)C2)C1CCCN1C(=O)C=Cc1ccco1. The monoisotopic (exact) mass is 442 g/mol. The lowest BCUT2D eigenvalue weighted by molar-refractivity contribution is -0.135. The molecule has 1 unspecified atom stereocenters. The van der Waals surface area contributed by atoms with Gasteiger partial charge in [0.1, 0.15) is 11.8 Å². The molecule has 1 atom stereocenters. The molecule has 1 aromatic heterocycles. The number of carbonyl (C=O) groups is 2. The van der Waals surface area contributed by atoms with Gasteiger partial charge in [0.2, 0.25) is 5.91 Å². The van der Waals surface area contributed by atoms with Crippen molar-refractivity contribution in [2.75, 3.05) is 6.54 Å². The molecule has 8 heteroatoms. The zero-order chi connectivity index (χ0) is 21.4. The Balaban J connectivity index is 1.13. The number of rotatable bonds is 4. The van der Waals surface area contributed by atoms with Gasteiger partial charge in [-0.25, -0.2) is 0 Å². The van der Waals surface area contributed by atoms with Crippen LogP contribution < -0.4 is 16.2 Å². The van der Waals surface area contributed by atoms with Gasteiger partial charge in [0.05, 0.1) is 6.26 Å². The quantitative estimate of drug-likeness (QED) is 0.378. The average molecular weight is 443 g/mol. The van der Waals surface area contributed by atoms with E-state index >= 15 is 0 Å². The average Bonchev–Trinajstić information content (AvgIpc) is 3.41. The van der Waals surface area contributed by atoms with Crippen molar-refractivity contribution in [1.82, 2.24) is 21.1 Å². The first-order valence-electron chi connectivity index (χ1n) is 11.4. The number of furan rings is 1. The molecule has 4 saturated carbocycles. The van der Waals surface area contributed by atoms with E-state index in [-0.39, 0.29) is 17.4 Å². The van der Waals surface area contributed by atoms with Gasteiger partial charge in [0.15, 0.2) is 5.11 Å². The molecule has 4 bridgehead atoms. The van der Waals surface area contributed by atoms with E-state index in [1.807, 2.05) is 0 Å². The number of amides is 2. The first-order chi connectivity index (χ1) is 15.0. The molecule has 0 radical (unpaired) electrons. The molecule has 2 amide bonds. The van der Waals surface area contributed by atoms with Gasteiger partial charge >= 0.3 is 0 Å². The largest absolute Gasteiger partial charge is 0.465 e. The molecule has 5 aliphatic rings. The first kappa shape index (κ1) is 20.5. The maximum absolute atomic E-state index is 12.8. The third kappa shape index (κ3) is 4.35. The second-order valence-corrected chi connectivity index (χ2v) is 10.2. The van der Waals surface area contributed by atoms with Crippen LogP contribution in [0.2, 0.25) is 0 Å². The highest BCUT2D eigenvalue weighted by atomic mass is 32.1. The van der Waals surface area contributed by atoms with Crippen LogP contribution in [0.3, 0.4) is 0 Å². The molecule has 3 N–H and O–H groups in total. The van der Waals surface area contributed by atoms with E-state index in [0.717, 1.165) is 24.2 Å². The van der Waals surface area contributed by atoms with Gasteiger partial charge < -0.3 is 14.6 Å². The Hall–Kier alpha value is -2.35. The topological polar surface area (TPSA) is 86.6 Å². The van der Waals surface area contributed by atoms with E-state index in [1.165, 1.54) is 44.6 Å². The fourth-order valence-corrected chi connectivity index (χ4v) is 6.94. The maximum atomic E-state index is 12.8. The third-order valence-electron chi connectivity index (χ3n) is 7.49. The molecule has 4 aliphatic carbocycles. The predicted octanol–water partition coefficient (Wildman–Crippen LogP) is 2.75. The Labute approximate surface area is 188 Å². The van der Waals surface area contributed by atoms with Crippen LogP contribution in [-0.2, 0) is 9.59 Å². The van der Waals surface area contributed by atoms with Crippen molar-refractivity contribution in [3.63, 3.8) is 0 Å². The summed E-state index contributed by atoms with van der Waals surface area (Å²) < 4.78 is 5.22. The van der Waals surface area contributed by atoms with Crippen LogP contribution in [0.15, 0.2) is 28.9 Å². The molecular formula is C23H30N4O3S. The molecule has 166 valence electrons. The summed E-state index contributed by atoms with van der Waals surface area (Å²) in [5.74, 6) is 2.65. The third-order valence-corrected chi connectivity index (χ3v) is 7.69. The zero-order valence-corrected chi connectivity index (χ0v) is 18.5. The van der Waals surface area contributed by atoms with Crippen molar-refractivity contribution in [1.29, 1.82) is 0 Å². The second-order valence-electron chi connectivity index (χ2n) is 9.80. The van der Waals surface area contributed by atoms with Gasteiger partial charge in [-0.1, -0.05) is 0 Å². The molecule has 1 saturated heterocycles. The molecule has 2 heterocycles. The minimum Gasteiger partial charge on any atom is -0.465 e. The van der Waals surface area contributed by atoms with Crippen LogP contribution in [0.5, 0.6) is 0 Å². The van der Waals surface area contributed by atoms with Gasteiger partial charge in [-0.2, -0.15) is 0 Å². The van der Waals surface area contributed by atoms with Gasteiger partial charge in [-0.15, -0.1) is 0 Å². The summed E-state index contributed by atoms with van der Waals surface area (Å²) in [7, 11) is 0. The van der Waals surface area contributed by atoms with Gasteiger partial charge in [0, 0.05) is 18.2 Å². The lowest BCUT2D eigenvalue weighted by Crippen LogP contribution is -2.63. The summed E-state index contributed by atoms with van der Waals surface area (Å²) >= 11 is 5.51. The number of thiocarbonyl (C=S) groups is 1. The Kier molecular flexibility index (Phi) is 5.50. The van der Waals surface area contributed by atoms with E-state index in [0.29, 0.717) is 23.8 Å². The number of hydrogen-bond acceptors (Lipinski definition) is 4. The molecule has 1 aliphatic heterocycles. The molecular weight excluding hydrogens is 412 g/mol. The number of likely N-dealkylation sites (tertiary alicyclic amines) is 1. The summed E-state index contributed by atoms with van der Waals surface area (Å²) in [6.45, 7) is 0.565. The van der Waals surface area contributed by atoms with Gasteiger partial charge in [-0.05, 0) is 99.5 Å². The summed E-state index contributed by atoms with van der Waals surface area (Å²) in [5.41, 5.74) is 5.72. The molecule has 7 nitrogen and oxygen atoms in total. The van der Waals surface area contributed by atoms with Crippen molar-refractivity contribution < 1.29 is 14.0 Å². The number of hydrazine groups is 1. The Morgan fingerprint density at radius 2 is 1.84 bits per heavy atom. The summed E-state index contributed by atoms with van der Waals surface area (Å²) in [5, 5.41) is 4.02. The number of nitrogens with zero attached hydrogens (tertiary/aromatic N) is 1. The summed E-state index contributed by atoms with van der Waals surface area (Å²) in [6, 6.07) is 3.05. The Morgan fingerprint density at radius 1 is 1.13 bits per heavy atom. The van der Waals surface area contributed by atoms with Crippen LogP contribution in [0, 0.1) is 17.8 Å². The highest BCUT2D eigenvalue weighted by Crippen LogP contribution is 2.55. The van der Waals surface area contributed by atoms with Crippen molar-refractivity contribution in [2.45, 2.75) is 62.9 Å². The van der Waals surface area contributed by atoms with Crippen molar-refractivity contribution in [3.8, 4) is 0 Å².